The summed E-state index contributed by atoms with van der Waals surface area (Å²) in [5.74, 6) is 0.795. The molecule has 2 aromatic carbocycles. The fourth-order valence-corrected chi connectivity index (χ4v) is 3.48. The number of para-hydroxylation sites is 1. The van der Waals surface area contributed by atoms with Crippen molar-refractivity contribution in [2.75, 3.05) is 6.61 Å². The molecule has 0 unspecified atom stereocenters. The molecular formula is C22H21N3O2. The van der Waals surface area contributed by atoms with E-state index in [9.17, 15) is 4.79 Å². The minimum absolute atomic E-state index is 0.0546. The Labute approximate surface area is 157 Å². The number of nitrogens with zero attached hydrogens (tertiary/aromatic N) is 3. The van der Waals surface area contributed by atoms with Crippen molar-refractivity contribution in [2.24, 2.45) is 7.05 Å². The molecular weight excluding hydrogens is 338 g/mol. The molecule has 136 valence electrons. The van der Waals surface area contributed by atoms with Crippen molar-refractivity contribution in [3.63, 3.8) is 0 Å². The van der Waals surface area contributed by atoms with E-state index >= 15 is 0 Å². The van der Waals surface area contributed by atoms with E-state index in [1.54, 1.807) is 15.3 Å². The number of pyridine rings is 1. The number of ether oxygens (including phenoxy) is 1. The molecule has 4 aromatic rings. The van der Waals surface area contributed by atoms with Crippen molar-refractivity contribution < 1.29 is 4.74 Å². The largest absolute Gasteiger partial charge is 0.492 e. The highest BCUT2D eigenvalue weighted by Crippen LogP contribution is 2.29. The second kappa shape index (κ2) is 7.11. The molecule has 0 spiro atoms. The predicted molar refractivity (Wildman–Crippen MR) is 107 cm³/mol. The summed E-state index contributed by atoms with van der Waals surface area (Å²) >= 11 is 0. The Morgan fingerprint density at radius 1 is 1.00 bits per heavy atom. The maximum Gasteiger partial charge on any atom is 0.252 e. The van der Waals surface area contributed by atoms with E-state index in [1.807, 2.05) is 74.6 Å². The Hall–Kier alpha value is -3.34. The molecule has 0 bridgehead atoms. The van der Waals surface area contributed by atoms with Gasteiger partial charge in [0.15, 0.2) is 0 Å². The van der Waals surface area contributed by atoms with E-state index in [2.05, 4.69) is 5.10 Å². The maximum absolute atomic E-state index is 12.9. The van der Waals surface area contributed by atoms with Crippen molar-refractivity contribution in [2.45, 2.75) is 13.5 Å². The van der Waals surface area contributed by atoms with Crippen LogP contribution in [0.4, 0.5) is 0 Å². The molecule has 0 atom stereocenters. The van der Waals surface area contributed by atoms with Gasteiger partial charge in [0.25, 0.3) is 5.56 Å². The van der Waals surface area contributed by atoms with E-state index < -0.39 is 0 Å². The van der Waals surface area contributed by atoms with Gasteiger partial charge < -0.3 is 4.74 Å². The van der Waals surface area contributed by atoms with Gasteiger partial charge in [0.2, 0.25) is 0 Å². The molecule has 0 aliphatic carbocycles. The first kappa shape index (κ1) is 17.1. The van der Waals surface area contributed by atoms with Crippen molar-refractivity contribution in [1.29, 1.82) is 0 Å². The second-order valence-corrected chi connectivity index (χ2v) is 6.48. The number of hydrogen-bond donors (Lipinski definition) is 0. The first-order valence-electron chi connectivity index (χ1n) is 8.95. The summed E-state index contributed by atoms with van der Waals surface area (Å²) < 4.78 is 9.31. The normalized spacial score (nSPS) is 11.0. The average Bonchev–Trinajstić information content (AvgIpc) is 2.99. The molecule has 0 aliphatic rings. The molecule has 0 fully saturated rings. The molecule has 0 amide bonds. The molecule has 4 rings (SSSR count). The van der Waals surface area contributed by atoms with Gasteiger partial charge in [0, 0.05) is 18.5 Å². The van der Waals surface area contributed by atoms with Gasteiger partial charge in [-0.25, -0.2) is 0 Å². The molecule has 0 saturated carbocycles. The van der Waals surface area contributed by atoms with Gasteiger partial charge in [-0.05, 0) is 30.2 Å². The SMILES string of the molecule is Cc1nn(C)c2c1c(-c1ccccc1)cc(=O)n2CCOc1ccccc1. The van der Waals surface area contributed by atoms with Gasteiger partial charge in [-0.15, -0.1) is 0 Å². The van der Waals surface area contributed by atoms with Crippen LogP contribution < -0.4 is 10.3 Å². The summed E-state index contributed by atoms with van der Waals surface area (Å²) in [4.78, 5) is 12.9. The lowest BCUT2D eigenvalue weighted by Gasteiger charge is -2.13. The third kappa shape index (κ3) is 3.24. The van der Waals surface area contributed by atoms with Gasteiger partial charge in [-0.2, -0.15) is 5.10 Å². The second-order valence-electron chi connectivity index (χ2n) is 6.48. The smallest absolute Gasteiger partial charge is 0.252 e. The van der Waals surface area contributed by atoms with Crippen LogP contribution in [0.25, 0.3) is 22.2 Å². The summed E-state index contributed by atoms with van der Waals surface area (Å²) in [6.07, 6.45) is 0. The van der Waals surface area contributed by atoms with Gasteiger partial charge in [0.05, 0.1) is 12.2 Å². The molecule has 2 heterocycles. The van der Waals surface area contributed by atoms with Crippen LogP contribution >= 0.6 is 0 Å². The van der Waals surface area contributed by atoms with E-state index in [1.165, 1.54) is 0 Å². The lowest BCUT2D eigenvalue weighted by molar-refractivity contribution is 0.298. The molecule has 27 heavy (non-hydrogen) atoms. The number of aryl methyl sites for hydroxylation is 2. The summed E-state index contributed by atoms with van der Waals surface area (Å²) in [5, 5.41) is 5.56. The molecule has 2 aromatic heterocycles. The molecule has 0 aliphatic heterocycles. The van der Waals surface area contributed by atoms with Crippen LogP contribution in [0.15, 0.2) is 71.5 Å². The molecule has 5 nitrogen and oxygen atoms in total. The van der Waals surface area contributed by atoms with Crippen LogP contribution in [0.2, 0.25) is 0 Å². The Balaban J connectivity index is 1.76. The van der Waals surface area contributed by atoms with Crippen LogP contribution in [0.1, 0.15) is 5.69 Å². The van der Waals surface area contributed by atoms with Crippen molar-refractivity contribution in [3.05, 3.63) is 82.8 Å². The third-order valence-corrected chi connectivity index (χ3v) is 4.66. The van der Waals surface area contributed by atoms with Crippen LogP contribution in [-0.2, 0) is 13.6 Å². The lowest BCUT2D eigenvalue weighted by Crippen LogP contribution is -2.24. The maximum atomic E-state index is 12.9. The lowest BCUT2D eigenvalue weighted by atomic mass is 10.0. The zero-order valence-corrected chi connectivity index (χ0v) is 15.4. The number of rotatable bonds is 5. The van der Waals surface area contributed by atoms with Crippen molar-refractivity contribution in [1.82, 2.24) is 14.3 Å². The summed E-state index contributed by atoms with van der Waals surface area (Å²) in [7, 11) is 1.87. The van der Waals surface area contributed by atoms with Gasteiger partial charge >= 0.3 is 0 Å². The highest BCUT2D eigenvalue weighted by Gasteiger charge is 2.17. The Kier molecular flexibility index (Phi) is 4.50. The Morgan fingerprint density at radius 3 is 2.37 bits per heavy atom. The first-order chi connectivity index (χ1) is 13.1. The minimum atomic E-state index is -0.0546. The van der Waals surface area contributed by atoms with E-state index in [-0.39, 0.29) is 5.56 Å². The van der Waals surface area contributed by atoms with Crippen LogP contribution in [0, 0.1) is 6.92 Å². The van der Waals surface area contributed by atoms with Gasteiger partial charge in [-0.3, -0.25) is 14.0 Å². The molecule has 0 radical (unpaired) electrons. The van der Waals surface area contributed by atoms with Gasteiger partial charge in [0.1, 0.15) is 18.0 Å². The van der Waals surface area contributed by atoms with Crippen LogP contribution in [0.5, 0.6) is 5.75 Å². The zero-order valence-electron chi connectivity index (χ0n) is 15.4. The molecule has 5 heteroatoms. The summed E-state index contributed by atoms with van der Waals surface area (Å²) in [5.41, 5.74) is 3.60. The fraction of sp³-hybridized carbons (Fsp3) is 0.182. The monoisotopic (exact) mass is 359 g/mol. The highest BCUT2D eigenvalue weighted by molar-refractivity contribution is 5.95. The third-order valence-electron chi connectivity index (χ3n) is 4.66. The Morgan fingerprint density at radius 2 is 1.67 bits per heavy atom. The summed E-state index contributed by atoms with van der Waals surface area (Å²) in [6, 6.07) is 21.3. The van der Waals surface area contributed by atoms with Crippen molar-refractivity contribution in [3.8, 4) is 16.9 Å². The number of fused-ring (bicyclic) bond motifs is 1. The van der Waals surface area contributed by atoms with Crippen LogP contribution in [0.3, 0.4) is 0 Å². The number of benzene rings is 2. The van der Waals surface area contributed by atoms with Crippen molar-refractivity contribution >= 4 is 11.0 Å². The average molecular weight is 359 g/mol. The Bertz CT molecular complexity index is 1130. The van der Waals surface area contributed by atoms with E-state index in [4.69, 9.17) is 4.74 Å². The first-order valence-corrected chi connectivity index (χ1v) is 8.95. The molecule has 0 N–H and O–H groups in total. The van der Waals surface area contributed by atoms with Crippen LogP contribution in [-0.4, -0.2) is 21.0 Å². The fourth-order valence-electron chi connectivity index (χ4n) is 3.48. The number of hydrogen-bond acceptors (Lipinski definition) is 3. The minimum Gasteiger partial charge on any atom is -0.492 e. The zero-order chi connectivity index (χ0) is 18.8. The highest BCUT2D eigenvalue weighted by atomic mass is 16.5. The predicted octanol–water partition coefficient (Wildman–Crippen LogP) is 3.79. The number of aromatic nitrogens is 3. The molecule has 0 saturated heterocycles. The van der Waals surface area contributed by atoms with E-state index in [0.717, 1.165) is 33.6 Å². The van der Waals surface area contributed by atoms with E-state index in [0.29, 0.717) is 13.2 Å². The quantitative estimate of drug-likeness (QED) is 0.545. The standard InChI is InChI=1S/C22H21N3O2/c1-16-21-19(17-9-5-3-6-10-17)15-20(26)25(22(21)24(2)23-16)13-14-27-18-11-7-4-8-12-18/h3-12,15H,13-14H2,1-2H3. The van der Waals surface area contributed by atoms with Gasteiger partial charge in [-0.1, -0.05) is 48.5 Å². The topological polar surface area (TPSA) is 49.0 Å². The summed E-state index contributed by atoms with van der Waals surface area (Å²) in [6.45, 7) is 2.84.